The quantitative estimate of drug-likeness (QED) is 0.338. The van der Waals surface area contributed by atoms with Gasteiger partial charge in [-0.2, -0.15) is 0 Å². The number of carbonyl (C=O) groups is 1. The van der Waals surface area contributed by atoms with Crippen LogP contribution in [0, 0.1) is 5.82 Å². The second-order valence-electron chi connectivity index (χ2n) is 7.37. The molecule has 3 rings (SSSR count). The highest BCUT2D eigenvalue weighted by Crippen LogP contribution is 2.32. The predicted molar refractivity (Wildman–Crippen MR) is 134 cm³/mol. The van der Waals surface area contributed by atoms with Crippen molar-refractivity contribution in [2.75, 3.05) is 37.8 Å². The number of thioether (sulfide) groups is 1. The van der Waals surface area contributed by atoms with E-state index >= 15 is 0 Å². The van der Waals surface area contributed by atoms with Crippen molar-refractivity contribution in [2.24, 2.45) is 0 Å². The molecule has 0 atom stereocenters. The SMILES string of the molecule is CCc1cccc2sc(N(CCCN(C)C)C(=O)CCSc3ccc(F)cc3)nc12.Cl. The van der Waals surface area contributed by atoms with Crippen LogP contribution in [-0.4, -0.2) is 48.7 Å². The summed E-state index contributed by atoms with van der Waals surface area (Å²) in [7, 11) is 4.08. The Morgan fingerprint density at radius 2 is 1.87 bits per heavy atom. The van der Waals surface area contributed by atoms with Crippen LogP contribution in [0.3, 0.4) is 0 Å². The molecule has 0 bridgehead atoms. The van der Waals surface area contributed by atoms with Gasteiger partial charge in [-0.25, -0.2) is 9.37 Å². The Hall–Kier alpha value is -1.67. The number of hydrogen-bond acceptors (Lipinski definition) is 5. The lowest BCUT2D eigenvalue weighted by atomic mass is 10.1. The molecule has 8 heteroatoms. The Labute approximate surface area is 198 Å². The van der Waals surface area contributed by atoms with E-state index < -0.39 is 0 Å². The molecule has 0 unspecified atom stereocenters. The van der Waals surface area contributed by atoms with Gasteiger partial charge < -0.3 is 4.90 Å². The molecule has 168 valence electrons. The summed E-state index contributed by atoms with van der Waals surface area (Å²) in [5, 5.41) is 0.779. The van der Waals surface area contributed by atoms with Crippen molar-refractivity contribution in [2.45, 2.75) is 31.1 Å². The number of aryl methyl sites for hydroxylation is 1. The zero-order valence-electron chi connectivity index (χ0n) is 18.1. The van der Waals surface area contributed by atoms with Gasteiger partial charge in [0.05, 0.1) is 10.2 Å². The first-order valence-electron chi connectivity index (χ1n) is 10.2. The van der Waals surface area contributed by atoms with E-state index in [1.165, 1.54) is 17.7 Å². The van der Waals surface area contributed by atoms with Crippen molar-refractivity contribution in [3.8, 4) is 0 Å². The maximum Gasteiger partial charge on any atom is 0.229 e. The number of nitrogens with zero attached hydrogens (tertiary/aromatic N) is 3. The van der Waals surface area contributed by atoms with Crippen molar-refractivity contribution in [3.05, 3.63) is 53.8 Å². The minimum atomic E-state index is -0.246. The van der Waals surface area contributed by atoms with E-state index in [9.17, 15) is 9.18 Å². The number of aromatic nitrogens is 1. The first kappa shape index (κ1) is 25.6. The molecule has 0 aliphatic heterocycles. The first-order valence-corrected chi connectivity index (χ1v) is 12.0. The molecule has 2 aromatic carbocycles. The summed E-state index contributed by atoms with van der Waals surface area (Å²) in [6.07, 6.45) is 2.23. The first-order chi connectivity index (χ1) is 14.5. The summed E-state index contributed by atoms with van der Waals surface area (Å²) in [5.74, 6) is 0.491. The average Bonchev–Trinajstić information content (AvgIpc) is 3.16. The lowest BCUT2D eigenvalue weighted by Crippen LogP contribution is -2.33. The molecular formula is C23H29ClFN3OS2. The fourth-order valence-electron chi connectivity index (χ4n) is 3.19. The van der Waals surface area contributed by atoms with Crippen LogP contribution in [-0.2, 0) is 11.2 Å². The summed E-state index contributed by atoms with van der Waals surface area (Å²) in [5.41, 5.74) is 2.22. The summed E-state index contributed by atoms with van der Waals surface area (Å²) < 4.78 is 14.2. The molecule has 1 aromatic heterocycles. The number of thiazole rings is 1. The third-order valence-corrected chi connectivity index (χ3v) is 6.85. The van der Waals surface area contributed by atoms with E-state index in [1.54, 1.807) is 35.2 Å². The van der Waals surface area contributed by atoms with Gasteiger partial charge in [-0.05, 0) is 69.4 Å². The predicted octanol–water partition coefficient (Wildman–Crippen LogP) is 5.89. The van der Waals surface area contributed by atoms with Crippen molar-refractivity contribution >= 4 is 56.8 Å². The molecule has 1 amide bonds. The third-order valence-electron chi connectivity index (χ3n) is 4.79. The van der Waals surface area contributed by atoms with Crippen molar-refractivity contribution in [3.63, 3.8) is 0 Å². The maximum absolute atomic E-state index is 13.1. The van der Waals surface area contributed by atoms with Gasteiger partial charge in [0.25, 0.3) is 0 Å². The van der Waals surface area contributed by atoms with Crippen LogP contribution >= 0.6 is 35.5 Å². The molecule has 3 aromatic rings. The Bertz CT molecular complexity index is 979. The number of fused-ring (bicyclic) bond motifs is 1. The maximum atomic E-state index is 13.1. The van der Waals surface area contributed by atoms with Gasteiger partial charge in [0.1, 0.15) is 5.82 Å². The van der Waals surface area contributed by atoms with E-state index in [1.807, 2.05) is 19.0 Å². The summed E-state index contributed by atoms with van der Waals surface area (Å²) >= 11 is 3.16. The van der Waals surface area contributed by atoms with Gasteiger partial charge >= 0.3 is 0 Å². The fraction of sp³-hybridized carbons (Fsp3) is 0.391. The van der Waals surface area contributed by atoms with E-state index in [2.05, 4.69) is 30.0 Å². The molecule has 0 spiro atoms. The topological polar surface area (TPSA) is 36.4 Å². The highest BCUT2D eigenvalue weighted by Gasteiger charge is 2.20. The van der Waals surface area contributed by atoms with Crippen molar-refractivity contribution in [1.82, 2.24) is 9.88 Å². The summed E-state index contributed by atoms with van der Waals surface area (Å²) in [6.45, 7) is 3.69. The Kier molecular flexibility index (Phi) is 10.2. The molecule has 0 aliphatic rings. The highest BCUT2D eigenvalue weighted by atomic mass is 35.5. The van der Waals surface area contributed by atoms with Gasteiger partial charge in [-0.1, -0.05) is 30.4 Å². The van der Waals surface area contributed by atoms with Crippen molar-refractivity contribution < 1.29 is 9.18 Å². The molecule has 1 heterocycles. The Morgan fingerprint density at radius 3 is 2.55 bits per heavy atom. The molecule has 0 radical (unpaired) electrons. The van der Waals surface area contributed by atoms with Gasteiger partial charge in [0.15, 0.2) is 5.13 Å². The molecule has 4 nitrogen and oxygen atoms in total. The second kappa shape index (κ2) is 12.4. The average molecular weight is 482 g/mol. The van der Waals surface area contributed by atoms with Crippen LogP contribution in [0.2, 0.25) is 0 Å². The third kappa shape index (κ3) is 7.17. The molecule has 31 heavy (non-hydrogen) atoms. The number of anilines is 1. The smallest absolute Gasteiger partial charge is 0.229 e. The number of para-hydroxylation sites is 1. The molecule has 0 aliphatic carbocycles. The minimum Gasteiger partial charge on any atom is -0.309 e. The number of carbonyl (C=O) groups excluding carboxylic acids is 1. The Morgan fingerprint density at radius 1 is 1.13 bits per heavy atom. The van der Waals surface area contributed by atoms with E-state index in [0.29, 0.717) is 18.7 Å². The largest absolute Gasteiger partial charge is 0.309 e. The van der Waals surface area contributed by atoms with Gasteiger partial charge in [0, 0.05) is 23.6 Å². The second-order valence-corrected chi connectivity index (χ2v) is 9.55. The van der Waals surface area contributed by atoms with E-state index in [0.717, 1.165) is 39.6 Å². The van der Waals surface area contributed by atoms with Gasteiger partial charge in [-0.3, -0.25) is 9.69 Å². The van der Waals surface area contributed by atoms with Crippen LogP contribution in [0.1, 0.15) is 25.3 Å². The molecule has 0 fully saturated rings. The van der Waals surface area contributed by atoms with Crippen LogP contribution in [0.4, 0.5) is 9.52 Å². The van der Waals surface area contributed by atoms with Crippen LogP contribution in [0.15, 0.2) is 47.4 Å². The van der Waals surface area contributed by atoms with Crippen LogP contribution in [0.5, 0.6) is 0 Å². The van der Waals surface area contributed by atoms with Crippen molar-refractivity contribution in [1.29, 1.82) is 0 Å². The molecule has 0 N–H and O–H groups in total. The van der Waals surface area contributed by atoms with Crippen LogP contribution < -0.4 is 4.90 Å². The number of amides is 1. The summed E-state index contributed by atoms with van der Waals surface area (Å²) in [6, 6.07) is 12.6. The fourth-order valence-corrected chi connectivity index (χ4v) is 5.09. The molecule has 0 saturated carbocycles. The normalized spacial score (nSPS) is 11.0. The monoisotopic (exact) mass is 481 g/mol. The zero-order chi connectivity index (χ0) is 21.5. The Balaban J connectivity index is 0.00000341. The molecule has 0 saturated heterocycles. The van der Waals surface area contributed by atoms with Gasteiger partial charge in [0.2, 0.25) is 5.91 Å². The number of rotatable bonds is 10. The molecular weight excluding hydrogens is 453 g/mol. The summed E-state index contributed by atoms with van der Waals surface area (Å²) in [4.78, 5) is 22.9. The number of hydrogen-bond donors (Lipinski definition) is 0. The lowest BCUT2D eigenvalue weighted by Gasteiger charge is -2.21. The lowest BCUT2D eigenvalue weighted by molar-refractivity contribution is -0.118. The number of halogens is 2. The standard InChI is InChI=1S/C23H28FN3OS2.ClH/c1-4-17-7-5-8-20-22(17)25-23(30-20)27(15-6-14-26(2)3)21(28)13-16-29-19-11-9-18(24)10-12-19;/h5,7-12H,4,6,13-16H2,1-3H3;1H. The van der Waals surface area contributed by atoms with Gasteiger partial charge in [-0.15, -0.1) is 24.2 Å². The minimum absolute atomic E-state index is 0. The highest BCUT2D eigenvalue weighted by molar-refractivity contribution is 7.99. The number of benzene rings is 2. The van der Waals surface area contributed by atoms with E-state index in [-0.39, 0.29) is 24.1 Å². The van der Waals surface area contributed by atoms with E-state index in [4.69, 9.17) is 4.98 Å². The zero-order valence-corrected chi connectivity index (χ0v) is 20.6. The van der Waals surface area contributed by atoms with Crippen LogP contribution in [0.25, 0.3) is 10.2 Å².